The molecule has 184 valence electrons. The number of terminal acetylenes is 1. The average molecular weight is 479 g/mol. The van der Waals surface area contributed by atoms with Crippen molar-refractivity contribution in [2.45, 2.75) is 50.3 Å². The summed E-state index contributed by atoms with van der Waals surface area (Å²) in [6, 6.07) is 13.6. The van der Waals surface area contributed by atoms with Crippen molar-refractivity contribution in [3.8, 4) is 23.5 Å². The number of nitrogens with one attached hydrogen (secondary N) is 2. The van der Waals surface area contributed by atoms with Crippen LogP contribution in [0.1, 0.15) is 43.7 Å². The van der Waals surface area contributed by atoms with E-state index in [2.05, 4.69) is 16.6 Å². The van der Waals surface area contributed by atoms with Crippen molar-refractivity contribution < 1.29 is 29.0 Å². The van der Waals surface area contributed by atoms with Crippen LogP contribution in [0.2, 0.25) is 0 Å². The Bertz CT molecular complexity index is 1090. The molecule has 1 aliphatic rings. The monoisotopic (exact) mass is 478 g/mol. The number of carbonyl (C=O) groups excluding carboxylic acids is 2. The Hall–Kier alpha value is -3.83. The zero-order valence-electron chi connectivity index (χ0n) is 20.0. The van der Waals surface area contributed by atoms with Crippen molar-refractivity contribution in [2.75, 3.05) is 13.7 Å². The van der Waals surface area contributed by atoms with Gasteiger partial charge in [0.25, 0.3) is 0 Å². The average Bonchev–Trinajstić information content (AvgIpc) is 3.15. The third-order valence-corrected chi connectivity index (χ3v) is 6.14. The Labute approximate surface area is 205 Å². The smallest absolute Gasteiger partial charge is 0.407 e. The zero-order valence-corrected chi connectivity index (χ0v) is 20.0. The van der Waals surface area contributed by atoms with Gasteiger partial charge in [0.05, 0.1) is 5.60 Å². The second-order valence-corrected chi connectivity index (χ2v) is 9.00. The molecule has 0 heterocycles. The lowest BCUT2D eigenvalue weighted by atomic mass is 9.97. The van der Waals surface area contributed by atoms with Gasteiger partial charge >= 0.3 is 12.1 Å². The van der Waals surface area contributed by atoms with Gasteiger partial charge in [-0.3, -0.25) is 4.79 Å². The van der Waals surface area contributed by atoms with E-state index in [1.54, 1.807) is 13.8 Å². The molecule has 3 N–H and O–H groups in total. The standard InChI is InChI=1S/C27H30N2O6/c1-5-10-22(25(31)32)28-24(30)23(15-27(2,3)34-4)29-26(33)35-16-21-19-13-8-6-11-17(19)18-12-7-9-14-20(18)21/h1,6-9,11-14,21-23H,10,15-16H2,2-4H3,(H,28,30)(H,29,33)(H,31,32). The van der Waals surface area contributed by atoms with Crippen LogP contribution in [0, 0.1) is 12.3 Å². The third kappa shape index (κ3) is 6.19. The molecule has 0 aromatic heterocycles. The molecule has 2 unspecified atom stereocenters. The van der Waals surface area contributed by atoms with Gasteiger partial charge in [0.15, 0.2) is 0 Å². The van der Waals surface area contributed by atoms with E-state index in [4.69, 9.17) is 15.9 Å². The molecule has 2 amide bonds. The highest BCUT2D eigenvalue weighted by Gasteiger charge is 2.33. The van der Waals surface area contributed by atoms with Crippen LogP contribution in [-0.2, 0) is 19.1 Å². The fourth-order valence-electron chi connectivity index (χ4n) is 4.16. The van der Waals surface area contributed by atoms with Crippen LogP contribution in [0.5, 0.6) is 0 Å². The lowest BCUT2D eigenvalue weighted by molar-refractivity contribution is -0.142. The van der Waals surface area contributed by atoms with E-state index in [-0.39, 0.29) is 25.4 Å². The number of benzene rings is 2. The second-order valence-electron chi connectivity index (χ2n) is 9.00. The van der Waals surface area contributed by atoms with Gasteiger partial charge < -0.3 is 25.2 Å². The largest absolute Gasteiger partial charge is 0.480 e. The van der Waals surface area contributed by atoms with Crippen molar-refractivity contribution in [3.63, 3.8) is 0 Å². The molecule has 0 radical (unpaired) electrons. The van der Waals surface area contributed by atoms with Gasteiger partial charge in [-0.25, -0.2) is 9.59 Å². The molecule has 8 heteroatoms. The van der Waals surface area contributed by atoms with Crippen LogP contribution in [0.3, 0.4) is 0 Å². The van der Waals surface area contributed by atoms with Crippen molar-refractivity contribution in [3.05, 3.63) is 59.7 Å². The van der Waals surface area contributed by atoms with Gasteiger partial charge in [-0.1, -0.05) is 48.5 Å². The van der Waals surface area contributed by atoms with Crippen LogP contribution in [-0.4, -0.2) is 54.5 Å². The fraction of sp³-hybridized carbons (Fsp3) is 0.370. The van der Waals surface area contributed by atoms with Crippen molar-refractivity contribution in [1.29, 1.82) is 0 Å². The second kappa shape index (κ2) is 11.1. The molecule has 3 rings (SSSR count). The minimum Gasteiger partial charge on any atom is -0.480 e. The number of hydrogen-bond donors (Lipinski definition) is 3. The van der Waals surface area contributed by atoms with Gasteiger partial charge in [0.1, 0.15) is 18.7 Å². The van der Waals surface area contributed by atoms with Crippen LogP contribution in [0.4, 0.5) is 4.79 Å². The summed E-state index contributed by atoms with van der Waals surface area (Å²) in [4.78, 5) is 37.1. The molecule has 2 aromatic rings. The van der Waals surface area contributed by atoms with Gasteiger partial charge in [-0.2, -0.15) is 0 Å². The van der Waals surface area contributed by atoms with E-state index in [9.17, 15) is 19.5 Å². The van der Waals surface area contributed by atoms with Gasteiger partial charge in [0.2, 0.25) is 5.91 Å². The van der Waals surface area contributed by atoms with Crippen LogP contribution >= 0.6 is 0 Å². The van der Waals surface area contributed by atoms with E-state index in [1.165, 1.54) is 7.11 Å². The van der Waals surface area contributed by atoms with E-state index in [0.29, 0.717) is 0 Å². The molecule has 2 aromatic carbocycles. The summed E-state index contributed by atoms with van der Waals surface area (Å²) in [6.45, 7) is 3.59. The molecule has 0 saturated heterocycles. The number of aliphatic carboxylic acids is 1. The molecule has 1 aliphatic carbocycles. The third-order valence-electron chi connectivity index (χ3n) is 6.14. The molecule has 0 saturated carbocycles. The summed E-state index contributed by atoms with van der Waals surface area (Å²) < 4.78 is 10.9. The van der Waals surface area contributed by atoms with Crippen molar-refractivity contribution in [2.24, 2.45) is 0 Å². The van der Waals surface area contributed by atoms with E-state index in [0.717, 1.165) is 22.3 Å². The maximum Gasteiger partial charge on any atom is 0.407 e. The number of carbonyl (C=O) groups is 3. The highest BCUT2D eigenvalue weighted by molar-refractivity contribution is 5.89. The summed E-state index contributed by atoms with van der Waals surface area (Å²) in [5.74, 6) is 0.142. The Kier molecular flexibility index (Phi) is 8.15. The zero-order chi connectivity index (χ0) is 25.6. The number of alkyl carbamates (subject to hydrolysis) is 1. The number of carboxylic acid groups (broad SMARTS) is 1. The predicted molar refractivity (Wildman–Crippen MR) is 131 cm³/mol. The minimum atomic E-state index is -1.27. The highest BCUT2D eigenvalue weighted by atomic mass is 16.5. The van der Waals surface area contributed by atoms with Gasteiger partial charge in [-0.05, 0) is 36.1 Å². The number of amides is 2. The first kappa shape index (κ1) is 25.8. The summed E-state index contributed by atoms with van der Waals surface area (Å²) in [6.07, 6.45) is 4.32. The molecule has 8 nitrogen and oxygen atoms in total. The highest BCUT2D eigenvalue weighted by Crippen LogP contribution is 2.44. The maximum absolute atomic E-state index is 12.9. The Morgan fingerprint density at radius 2 is 1.60 bits per heavy atom. The van der Waals surface area contributed by atoms with Crippen LogP contribution in [0.25, 0.3) is 11.1 Å². The quantitative estimate of drug-likeness (QED) is 0.452. The van der Waals surface area contributed by atoms with E-state index >= 15 is 0 Å². The minimum absolute atomic E-state index is 0.0801. The first-order valence-corrected chi connectivity index (χ1v) is 11.3. The van der Waals surface area contributed by atoms with E-state index < -0.39 is 35.7 Å². The molecule has 0 spiro atoms. The molecule has 0 bridgehead atoms. The van der Waals surface area contributed by atoms with E-state index in [1.807, 2.05) is 48.5 Å². The maximum atomic E-state index is 12.9. The first-order valence-electron chi connectivity index (χ1n) is 11.3. The molecular weight excluding hydrogens is 448 g/mol. The molecule has 2 atom stereocenters. The Morgan fingerprint density at radius 3 is 2.11 bits per heavy atom. The summed E-state index contributed by atoms with van der Waals surface area (Å²) in [5, 5.41) is 14.3. The number of methoxy groups -OCH3 is 1. The number of ether oxygens (including phenoxy) is 2. The predicted octanol–water partition coefficient (Wildman–Crippen LogP) is 3.30. The van der Waals surface area contributed by atoms with Crippen LogP contribution in [0.15, 0.2) is 48.5 Å². The Balaban J connectivity index is 1.71. The van der Waals surface area contributed by atoms with Gasteiger partial charge in [0, 0.05) is 25.9 Å². The Morgan fingerprint density at radius 1 is 1.03 bits per heavy atom. The normalized spacial score (nSPS) is 14.1. The number of hydrogen-bond acceptors (Lipinski definition) is 5. The lowest BCUT2D eigenvalue weighted by Gasteiger charge is -2.29. The number of carboxylic acids is 1. The lowest BCUT2D eigenvalue weighted by Crippen LogP contribution is -2.53. The summed E-state index contributed by atoms with van der Waals surface area (Å²) >= 11 is 0. The summed E-state index contributed by atoms with van der Waals surface area (Å²) in [5.41, 5.74) is 3.56. The van der Waals surface area contributed by atoms with Crippen LogP contribution < -0.4 is 10.6 Å². The molecular formula is C27H30N2O6. The van der Waals surface area contributed by atoms with Crippen molar-refractivity contribution in [1.82, 2.24) is 10.6 Å². The van der Waals surface area contributed by atoms with Crippen molar-refractivity contribution >= 4 is 18.0 Å². The fourth-order valence-corrected chi connectivity index (χ4v) is 4.16. The SMILES string of the molecule is C#CCC(NC(=O)C(CC(C)(C)OC)NC(=O)OCC1c2ccccc2-c2ccccc21)C(=O)O. The topological polar surface area (TPSA) is 114 Å². The number of fused-ring (bicyclic) bond motifs is 3. The number of rotatable bonds is 10. The molecule has 0 fully saturated rings. The molecule has 0 aliphatic heterocycles. The summed E-state index contributed by atoms with van der Waals surface area (Å²) in [7, 11) is 1.49. The first-order chi connectivity index (χ1) is 16.7. The van der Waals surface area contributed by atoms with Gasteiger partial charge in [-0.15, -0.1) is 12.3 Å². The molecule has 35 heavy (non-hydrogen) atoms.